The summed E-state index contributed by atoms with van der Waals surface area (Å²) in [4.78, 5) is 35.0. The van der Waals surface area contributed by atoms with Crippen LogP contribution in [-0.4, -0.2) is 49.3 Å². The van der Waals surface area contributed by atoms with Crippen LogP contribution in [-0.2, 0) is 32.7 Å². The minimum Gasteiger partial charge on any atom is -0.462 e. The van der Waals surface area contributed by atoms with Gasteiger partial charge in [0.25, 0.3) is 0 Å². The molecule has 386 valence electrons. The topological polar surface area (TPSA) is 134 Å². The molecule has 3 N–H and O–H groups in total. The SMILES string of the molecule is CC/C=C\C/C=C\C/C=C\C/C=C\C/C=C\C/C=C\C/C=C\C/C=C\C/C=C\C/C=C\CCCCCCC(=O)OC(COC(=O)CCCCCCCCCCCCCC)COP(=O)(O)OCCN. The molecule has 0 aliphatic carbocycles. The van der Waals surface area contributed by atoms with E-state index in [4.69, 9.17) is 24.3 Å². The van der Waals surface area contributed by atoms with Crippen molar-refractivity contribution in [2.24, 2.45) is 5.73 Å². The molecule has 0 saturated heterocycles. The van der Waals surface area contributed by atoms with Crippen molar-refractivity contribution in [1.29, 1.82) is 0 Å². The van der Waals surface area contributed by atoms with Gasteiger partial charge in [-0.05, 0) is 89.9 Å². The molecule has 0 spiro atoms. The van der Waals surface area contributed by atoms with E-state index in [1.54, 1.807) is 0 Å². The number of esters is 2. The molecule has 0 aromatic heterocycles. The molecule has 0 aromatic rings. The molecular weight excluding hydrogens is 870 g/mol. The van der Waals surface area contributed by atoms with Crippen molar-refractivity contribution >= 4 is 19.8 Å². The van der Waals surface area contributed by atoms with Crippen molar-refractivity contribution in [1.82, 2.24) is 0 Å². The first-order valence-electron chi connectivity index (χ1n) is 26.5. The number of carbonyl (C=O) groups is 2. The molecule has 0 saturated carbocycles. The van der Waals surface area contributed by atoms with Gasteiger partial charge in [0.15, 0.2) is 6.10 Å². The molecule has 2 atom stereocenters. The van der Waals surface area contributed by atoms with Gasteiger partial charge >= 0.3 is 19.8 Å². The number of nitrogens with two attached hydrogens (primary N) is 1. The Kier molecular flexibility index (Phi) is 50.0. The van der Waals surface area contributed by atoms with Crippen LogP contribution in [0.4, 0.5) is 0 Å². The van der Waals surface area contributed by atoms with Gasteiger partial charge in [0.05, 0.1) is 13.2 Å². The molecule has 0 bridgehead atoms. The Morgan fingerprint density at radius 1 is 0.456 bits per heavy atom. The number of ether oxygens (including phenoxy) is 2. The van der Waals surface area contributed by atoms with Crippen molar-refractivity contribution < 1.29 is 37.6 Å². The predicted molar refractivity (Wildman–Crippen MR) is 288 cm³/mol. The van der Waals surface area contributed by atoms with Crippen molar-refractivity contribution in [3.05, 3.63) is 122 Å². The van der Waals surface area contributed by atoms with Crippen LogP contribution in [0.25, 0.3) is 0 Å². The standard InChI is InChI=1S/C58H96NO8P/c1-3-5-7-9-11-13-15-17-18-19-20-21-22-23-24-25-26-27-28-29-30-31-32-33-34-35-36-37-38-39-41-43-45-47-49-51-58(61)67-56(55-66-68(62,63)65-53-52-59)54-64-57(60)50-48-46-44-42-40-16-14-12-10-8-6-4-2/h5,7,11,13,17-18,20-21,23-24,26-27,29-30,32-33,35-36,38-39,56H,3-4,6,8-10,12,14-16,19,22,25,28,31,34,37,40-55,59H2,1-2H3,(H,62,63)/b7-5-,13-11-,18-17-,21-20-,24-23-,27-26-,30-29-,33-32-,36-35-,39-38-. The number of unbranched alkanes of at least 4 members (excludes halogenated alkanes) is 15. The Hall–Kier alpha value is -3.59. The summed E-state index contributed by atoms with van der Waals surface area (Å²) in [5.74, 6) is -0.865. The molecule has 0 radical (unpaired) electrons. The zero-order chi connectivity index (χ0) is 49.5. The molecule has 0 aromatic carbocycles. The Balaban J connectivity index is 4.09. The molecule has 0 aliphatic rings. The third-order valence-electron chi connectivity index (χ3n) is 10.6. The van der Waals surface area contributed by atoms with Crippen molar-refractivity contribution in [2.75, 3.05) is 26.4 Å². The van der Waals surface area contributed by atoms with Gasteiger partial charge in [-0.1, -0.05) is 219 Å². The number of allylic oxidation sites excluding steroid dienone is 20. The lowest BCUT2D eigenvalue weighted by Gasteiger charge is -2.19. The molecule has 0 aliphatic heterocycles. The second-order valence-electron chi connectivity index (χ2n) is 17.0. The van der Waals surface area contributed by atoms with E-state index in [1.165, 1.54) is 57.8 Å². The number of hydrogen-bond donors (Lipinski definition) is 2. The first-order chi connectivity index (χ1) is 33.3. The summed E-state index contributed by atoms with van der Waals surface area (Å²) in [6.45, 7) is 3.57. The van der Waals surface area contributed by atoms with Crippen molar-refractivity contribution in [3.63, 3.8) is 0 Å². The number of hydrogen-bond acceptors (Lipinski definition) is 8. The minimum absolute atomic E-state index is 0.0436. The first kappa shape index (κ1) is 64.4. The van der Waals surface area contributed by atoms with Gasteiger partial charge in [-0.15, -0.1) is 0 Å². The highest BCUT2D eigenvalue weighted by atomic mass is 31.2. The zero-order valence-corrected chi connectivity index (χ0v) is 43.7. The van der Waals surface area contributed by atoms with E-state index in [9.17, 15) is 19.0 Å². The van der Waals surface area contributed by atoms with Crippen LogP contribution >= 0.6 is 7.82 Å². The summed E-state index contributed by atoms with van der Waals surface area (Å²) in [5, 5.41) is 0. The number of rotatable bonds is 48. The summed E-state index contributed by atoms with van der Waals surface area (Å²) in [5.41, 5.74) is 5.36. The average Bonchev–Trinajstić information content (AvgIpc) is 3.33. The van der Waals surface area contributed by atoms with Gasteiger partial charge in [0.1, 0.15) is 6.61 Å². The normalized spacial score (nSPS) is 14.1. The molecular formula is C58H96NO8P. The second-order valence-corrected chi connectivity index (χ2v) is 18.5. The van der Waals surface area contributed by atoms with Crippen LogP contribution in [0.5, 0.6) is 0 Å². The van der Waals surface area contributed by atoms with E-state index in [0.29, 0.717) is 6.42 Å². The minimum atomic E-state index is -4.39. The predicted octanol–water partition coefficient (Wildman–Crippen LogP) is 16.4. The summed E-state index contributed by atoms with van der Waals surface area (Å²) >= 11 is 0. The van der Waals surface area contributed by atoms with Gasteiger partial charge in [-0.25, -0.2) is 4.57 Å². The Morgan fingerprint density at radius 3 is 1.21 bits per heavy atom. The van der Waals surface area contributed by atoms with E-state index in [-0.39, 0.29) is 32.6 Å². The zero-order valence-electron chi connectivity index (χ0n) is 42.8. The van der Waals surface area contributed by atoms with Crippen LogP contribution in [0.3, 0.4) is 0 Å². The third kappa shape index (κ3) is 51.8. The maximum atomic E-state index is 12.6. The quantitative estimate of drug-likeness (QED) is 0.0264. The summed E-state index contributed by atoms with van der Waals surface area (Å²) in [7, 11) is -4.39. The van der Waals surface area contributed by atoms with Gasteiger partial charge in [0, 0.05) is 19.4 Å². The highest BCUT2D eigenvalue weighted by molar-refractivity contribution is 7.47. The van der Waals surface area contributed by atoms with Crippen LogP contribution in [0.1, 0.15) is 200 Å². The highest BCUT2D eigenvalue weighted by Crippen LogP contribution is 2.43. The van der Waals surface area contributed by atoms with E-state index in [0.717, 1.165) is 109 Å². The Labute approximate surface area is 415 Å². The lowest BCUT2D eigenvalue weighted by atomic mass is 10.0. The van der Waals surface area contributed by atoms with Crippen LogP contribution in [0.2, 0.25) is 0 Å². The molecule has 68 heavy (non-hydrogen) atoms. The van der Waals surface area contributed by atoms with Crippen molar-refractivity contribution in [2.45, 2.75) is 206 Å². The van der Waals surface area contributed by atoms with Gasteiger partial charge in [-0.2, -0.15) is 0 Å². The summed E-state index contributed by atoms with van der Waals surface area (Å²) in [6.07, 6.45) is 72.5. The smallest absolute Gasteiger partial charge is 0.462 e. The molecule has 0 fully saturated rings. The molecule has 9 nitrogen and oxygen atoms in total. The summed E-state index contributed by atoms with van der Waals surface area (Å²) < 4.78 is 32.8. The highest BCUT2D eigenvalue weighted by Gasteiger charge is 2.26. The van der Waals surface area contributed by atoms with Gasteiger partial charge in [-0.3, -0.25) is 18.6 Å². The maximum Gasteiger partial charge on any atom is 0.472 e. The van der Waals surface area contributed by atoms with E-state index in [2.05, 4.69) is 135 Å². The van der Waals surface area contributed by atoms with Crippen LogP contribution in [0.15, 0.2) is 122 Å². The Morgan fingerprint density at radius 2 is 0.809 bits per heavy atom. The monoisotopic (exact) mass is 966 g/mol. The molecule has 0 heterocycles. The lowest BCUT2D eigenvalue weighted by Crippen LogP contribution is -2.29. The lowest BCUT2D eigenvalue weighted by molar-refractivity contribution is -0.161. The van der Waals surface area contributed by atoms with E-state index < -0.39 is 32.5 Å². The molecule has 0 rings (SSSR count). The molecule has 10 heteroatoms. The maximum absolute atomic E-state index is 12.6. The molecule has 0 amide bonds. The summed E-state index contributed by atoms with van der Waals surface area (Å²) in [6, 6.07) is 0. The fraction of sp³-hybridized carbons (Fsp3) is 0.621. The van der Waals surface area contributed by atoms with Gasteiger partial charge < -0.3 is 20.1 Å². The first-order valence-corrected chi connectivity index (χ1v) is 28.0. The number of phosphoric acid groups is 1. The number of phosphoric ester groups is 1. The van der Waals surface area contributed by atoms with E-state index >= 15 is 0 Å². The largest absolute Gasteiger partial charge is 0.472 e. The van der Waals surface area contributed by atoms with Crippen LogP contribution in [0, 0.1) is 0 Å². The third-order valence-corrected chi connectivity index (χ3v) is 11.6. The van der Waals surface area contributed by atoms with Crippen molar-refractivity contribution in [3.8, 4) is 0 Å². The van der Waals surface area contributed by atoms with Gasteiger partial charge in [0.2, 0.25) is 0 Å². The molecule has 2 unspecified atom stereocenters. The fourth-order valence-electron chi connectivity index (χ4n) is 6.72. The second kappa shape index (κ2) is 52.8. The Bertz CT molecular complexity index is 1520. The number of carbonyl (C=O) groups excluding carboxylic acids is 2. The van der Waals surface area contributed by atoms with E-state index in [1.807, 2.05) is 0 Å². The fourth-order valence-corrected chi connectivity index (χ4v) is 7.49. The van der Waals surface area contributed by atoms with Crippen LogP contribution < -0.4 is 5.73 Å². The average molecular weight is 966 g/mol.